The number of nitrogens with zero attached hydrogens (tertiary/aromatic N) is 2. The zero-order chi connectivity index (χ0) is 35.9. The molecule has 0 aromatic rings. The largest absolute Gasteiger partial charge is 0.436 e. The average molecular weight is 709 g/mol. The van der Waals surface area contributed by atoms with Gasteiger partial charge in [-0.05, 0) is 94.3 Å². The van der Waals surface area contributed by atoms with Gasteiger partial charge in [-0.2, -0.15) is 0 Å². The van der Waals surface area contributed by atoms with Gasteiger partial charge in [0.25, 0.3) is 0 Å². The third kappa shape index (κ3) is 6.94. The van der Waals surface area contributed by atoms with Gasteiger partial charge >= 0.3 is 11.9 Å². The first-order chi connectivity index (χ1) is 24.6. The van der Waals surface area contributed by atoms with Crippen LogP contribution in [0.25, 0.3) is 0 Å². The number of imide groups is 2. The van der Waals surface area contributed by atoms with E-state index in [0.717, 1.165) is 25.7 Å². The number of ether oxygens (including phenoxy) is 4. The minimum Gasteiger partial charge on any atom is -0.436 e. The fourth-order valence-electron chi connectivity index (χ4n) is 9.94. The summed E-state index contributed by atoms with van der Waals surface area (Å²) in [6.07, 6.45) is 15.1. The Balaban J connectivity index is 0.651. The summed E-state index contributed by atoms with van der Waals surface area (Å²) < 4.78 is 21.9. The molecule has 7 aliphatic rings. The average Bonchev–Trinajstić information content (AvgIpc) is 3.28. The molecule has 2 bridgehead atoms. The number of likely N-dealkylation sites (tertiary alicyclic amines) is 2. The van der Waals surface area contributed by atoms with Crippen LogP contribution in [0.1, 0.15) is 90.9 Å². The molecule has 5 aliphatic carbocycles. The summed E-state index contributed by atoms with van der Waals surface area (Å²) in [7, 11) is 0. The lowest BCUT2D eigenvalue weighted by atomic mass is 9.74. The molecule has 2 aliphatic heterocycles. The van der Waals surface area contributed by atoms with Crippen molar-refractivity contribution in [3.8, 4) is 0 Å². The Kier molecular flexibility index (Phi) is 10.5. The van der Waals surface area contributed by atoms with Crippen molar-refractivity contribution < 1.29 is 47.7 Å². The van der Waals surface area contributed by atoms with Crippen molar-refractivity contribution in [2.24, 2.45) is 52.8 Å². The van der Waals surface area contributed by atoms with Crippen LogP contribution < -0.4 is 0 Å². The summed E-state index contributed by atoms with van der Waals surface area (Å²) in [5.74, 6) is -0.232. The van der Waals surface area contributed by atoms with E-state index in [-0.39, 0.29) is 95.2 Å². The highest BCUT2D eigenvalue weighted by Gasteiger charge is 2.77. The lowest BCUT2D eigenvalue weighted by Crippen LogP contribution is -2.36. The Labute approximate surface area is 299 Å². The third-order valence-corrected chi connectivity index (χ3v) is 12.6. The van der Waals surface area contributed by atoms with Crippen LogP contribution in [0.5, 0.6) is 0 Å². The third-order valence-electron chi connectivity index (χ3n) is 12.6. The van der Waals surface area contributed by atoms with Crippen LogP contribution >= 0.6 is 0 Å². The van der Waals surface area contributed by atoms with Crippen LogP contribution in [-0.2, 0) is 47.7 Å². The number of esters is 2. The molecular weight excluding hydrogens is 656 g/mol. The maximum atomic E-state index is 12.9. The molecule has 0 radical (unpaired) electrons. The second-order valence-corrected chi connectivity index (χ2v) is 15.7. The minimum atomic E-state index is -0.671. The molecule has 0 aromatic heterocycles. The predicted molar refractivity (Wildman–Crippen MR) is 180 cm³/mol. The highest BCUT2D eigenvalue weighted by atomic mass is 16.7. The monoisotopic (exact) mass is 708 g/mol. The zero-order valence-electron chi connectivity index (χ0n) is 29.9. The van der Waals surface area contributed by atoms with Crippen molar-refractivity contribution in [1.29, 1.82) is 0 Å². The number of carbonyl (C=O) groups is 6. The van der Waals surface area contributed by atoms with Gasteiger partial charge in [0.15, 0.2) is 12.6 Å². The van der Waals surface area contributed by atoms with Crippen molar-refractivity contribution in [2.75, 3.05) is 26.3 Å². The van der Waals surface area contributed by atoms with Crippen LogP contribution in [0.4, 0.5) is 0 Å². The number of rotatable bonds is 21. The zero-order valence-corrected chi connectivity index (χ0v) is 29.9. The Bertz CT molecular complexity index is 1440. The summed E-state index contributed by atoms with van der Waals surface area (Å²) in [6, 6.07) is 0. The molecule has 2 saturated heterocycles. The lowest BCUT2D eigenvalue weighted by Gasteiger charge is -2.30. The molecule has 7 rings (SSSR count). The van der Waals surface area contributed by atoms with Crippen molar-refractivity contribution >= 4 is 35.6 Å². The SMILES string of the molecule is CC(OCCCCOC(C)OC(=O)CCCCCN1C(=O)C2C(C1=O)C1CC13C=CC23)OC(=O)CCCCCN1C(=O)C2C3C=CC(C3)C2C1=O. The molecule has 12 nitrogen and oxygen atoms in total. The minimum absolute atomic E-state index is 0.000514. The number of fused-ring (bicyclic) bond motifs is 8. The maximum Gasteiger partial charge on any atom is 0.308 e. The van der Waals surface area contributed by atoms with Crippen LogP contribution in [-0.4, -0.2) is 84.3 Å². The fraction of sp³-hybridized carbons (Fsp3) is 0.744. The van der Waals surface area contributed by atoms with Crippen molar-refractivity contribution in [1.82, 2.24) is 9.80 Å². The first-order valence-corrected chi connectivity index (χ1v) is 19.3. The molecule has 0 N–H and O–H groups in total. The van der Waals surface area contributed by atoms with E-state index in [1.807, 2.05) is 0 Å². The van der Waals surface area contributed by atoms with E-state index in [4.69, 9.17) is 18.9 Å². The molecule has 11 unspecified atom stereocenters. The van der Waals surface area contributed by atoms with Gasteiger partial charge in [-0.25, -0.2) is 0 Å². The van der Waals surface area contributed by atoms with Crippen LogP contribution in [0.2, 0.25) is 0 Å². The van der Waals surface area contributed by atoms with E-state index < -0.39 is 12.6 Å². The number of hydrogen-bond acceptors (Lipinski definition) is 10. The summed E-state index contributed by atoms with van der Waals surface area (Å²) in [5.41, 5.74) is 0.171. The molecule has 2 heterocycles. The number of unbranched alkanes of at least 4 members (excludes halogenated alkanes) is 5. The molecule has 51 heavy (non-hydrogen) atoms. The summed E-state index contributed by atoms with van der Waals surface area (Å²) in [5, 5.41) is 0. The van der Waals surface area contributed by atoms with Gasteiger partial charge < -0.3 is 18.9 Å². The normalized spacial score (nSPS) is 34.4. The van der Waals surface area contributed by atoms with Gasteiger partial charge in [0, 0.05) is 25.9 Å². The first-order valence-electron chi connectivity index (χ1n) is 19.3. The molecule has 12 heteroatoms. The van der Waals surface area contributed by atoms with Gasteiger partial charge in [-0.15, -0.1) is 0 Å². The van der Waals surface area contributed by atoms with Gasteiger partial charge in [0.2, 0.25) is 23.6 Å². The van der Waals surface area contributed by atoms with Crippen molar-refractivity contribution in [2.45, 2.75) is 103 Å². The highest BCUT2D eigenvalue weighted by molar-refractivity contribution is 6.07. The molecule has 1 spiro atoms. The van der Waals surface area contributed by atoms with Crippen molar-refractivity contribution in [3.05, 3.63) is 24.3 Å². The van der Waals surface area contributed by atoms with E-state index in [9.17, 15) is 28.8 Å². The fourth-order valence-corrected chi connectivity index (χ4v) is 9.94. The molecule has 3 saturated carbocycles. The van der Waals surface area contributed by atoms with Crippen LogP contribution in [0.15, 0.2) is 24.3 Å². The standard InChI is InChI=1S/C39H52N2O10/c1-23(50-29(42)11-5-3-7-17-40-35(44)31-25-13-14-26(21-25)32(31)36(40)45)48-19-9-10-20-49-24(2)51-30(43)12-6-4-8-18-41-37(46)33-27-15-16-39(27)22-28(39)34(33)38(41)47/h13-16,23-28,31-34H,3-12,17-22H2,1-2H3. The Hall–Kier alpha value is -3.38. The highest BCUT2D eigenvalue weighted by Crippen LogP contribution is 2.77. The van der Waals surface area contributed by atoms with E-state index in [1.54, 1.807) is 13.8 Å². The van der Waals surface area contributed by atoms with Gasteiger partial charge in [-0.3, -0.25) is 38.6 Å². The molecule has 0 aromatic carbocycles. The summed E-state index contributed by atoms with van der Waals surface area (Å²) >= 11 is 0. The molecule has 5 fully saturated rings. The molecule has 278 valence electrons. The van der Waals surface area contributed by atoms with Crippen molar-refractivity contribution in [3.63, 3.8) is 0 Å². The topological polar surface area (TPSA) is 146 Å². The molecule has 4 amide bonds. The summed E-state index contributed by atoms with van der Waals surface area (Å²) in [4.78, 5) is 78.7. The maximum absolute atomic E-state index is 12.9. The Morgan fingerprint density at radius 2 is 1.16 bits per heavy atom. The predicted octanol–water partition coefficient (Wildman–Crippen LogP) is 4.31. The number of amides is 4. The van der Waals surface area contributed by atoms with Gasteiger partial charge in [-0.1, -0.05) is 37.1 Å². The van der Waals surface area contributed by atoms with E-state index in [2.05, 4.69) is 24.3 Å². The van der Waals surface area contributed by atoms with E-state index >= 15 is 0 Å². The molecular formula is C39H52N2O10. The second kappa shape index (κ2) is 14.9. The number of hydrogen-bond donors (Lipinski definition) is 0. The molecule has 11 atom stereocenters. The van der Waals surface area contributed by atoms with E-state index in [0.29, 0.717) is 70.7 Å². The van der Waals surface area contributed by atoms with Crippen LogP contribution in [0, 0.1) is 52.8 Å². The lowest BCUT2D eigenvalue weighted by molar-refractivity contribution is -0.178. The Morgan fingerprint density at radius 1 is 0.667 bits per heavy atom. The van der Waals surface area contributed by atoms with E-state index in [1.165, 1.54) is 9.80 Å². The smallest absolute Gasteiger partial charge is 0.308 e. The van der Waals surface area contributed by atoms with Crippen LogP contribution in [0.3, 0.4) is 0 Å². The number of carbonyl (C=O) groups excluding carboxylic acids is 6. The quantitative estimate of drug-likeness (QED) is 0.0556. The Morgan fingerprint density at radius 3 is 1.65 bits per heavy atom. The summed E-state index contributed by atoms with van der Waals surface area (Å²) in [6.45, 7) is 4.97. The number of allylic oxidation sites excluding steroid dienone is 4. The van der Waals surface area contributed by atoms with Gasteiger partial charge in [0.1, 0.15) is 0 Å². The second-order valence-electron chi connectivity index (χ2n) is 15.7. The first kappa shape index (κ1) is 36.0. The van der Waals surface area contributed by atoms with Gasteiger partial charge in [0.05, 0.1) is 36.9 Å².